The molecule has 5 atom stereocenters. The second kappa shape index (κ2) is 22.5. The molecule has 5 heterocycles. The summed E-state index contributed by atoms with van der Waals surface area (Å²) in [6, 6.07) is 13.0. The Balaban J connectivity index is 0.807. The van der Waals surface area contributed by atoms with Gasteiger partial charge in [0.05, 0.1) is 40.3 Å². The van der Waals surface area contributed by atoms with Crippen molar-refractivity contribution in [1.29, 1.82) is 0 Å². The van der Waals surface area contributed by atoms with Crippen LogP contribution >= 0.6 is 22.7 Å². The monoisotopic (exact) mass is 1020 g/mol. The van der Waals surface area contributed by atoms with Gasteiger partial charge in [-0.25, -0.2) is 14.4 Å². The van der Waals surface area contributed by atoms with Crippen molar-refractivity contribution in [2.45, 2.75) is 90.7 Å². The summed E-state index contributed by atoms with van der Waals surface area (Å²) in [5.41, 5.74) is 5.51. The van der Waals surface area contributed by atoms with Gasteiger partial charge < -0.3 is 35.5 Å². The van der Waals surface area contributed by atoms with E-state index in [4.69, 9.17) is 0 Å². The molecular weight excluding hydrogens is 958 g/mol. The first-order valence-electron chi connectivity index (χ1n) is 24.1. The molecule has 2 unspecified atom stereocenters. The zero-order valence-corrected chi connectivity index (χ0v) is 42.6. The Labute approximate surface area is 426 Å². The van der Waals surface area contributed by atoms with Gasteiger partial charge >= 0.3 is 0 Å². The fourth-order valence-corrected chi connectivity index (χ4v) is 10.8. The van der Waals surface area contributed by atoms with Gasteiger partial charge in [0.1, 0.15) is 29.7 Å². The first-order valence-corrected chi connectivity index (χ1v) is 25.8. The molecule has 19 heteroatoms. The lowest BCUT2D eigenvalue weighted by Crippen LogP contribution is -2.59. The van der Waals surface area contributed by atoms with E-state index in [1.807, 2.05) is 64.4 Å². The number of fused-ring (bicyclic) bond motifs is 1. The number of aliphatic hydroxyl groups excluding tert-OH is 1. The SMILES string of the molecule is Cc1ncsc1-c1ccc([C@H](C)NC(=O)[C@@H]2C[C@@H](O)CN2C(=O)C(NC(=O)CN2CCN(CCCC#Cc3cccc4c3C(=O)N(C(C(=O)Nc3nccs3)c3cc(F)ccc3O)C4)CC2)C(C)(C)C)cc1. The van der Waals surface area contributed by atoms with Crippen LogP contribution in [0.15, 0.2) is 77.8 Å². The highest BCUT2D eigenvalue weighted by Gasteiger charge is 2.45. The number of aromatic hydroxyl groups is 1. The number of rotatable bonds is 15. The standard InChI is InChI=1S/C53H60FN9O7S2/c1-32(34-13-15-36(16-14-34)46-33(2)56-31-72-46)57-48(67)41-27-39(64)29-62(41)51(70)47(53(3,4)5)58-43(66)30-61-23-21-60(22-24-61)20-8-6-7-10-35-11-9-12-37-28-63(50(69)44(35)37)45(40-26-38(54)17-18-42(40)65)49(68)59-52-55-19-25-71-52/h9,11-19,25-26,31-32,39,41,45,47,64-65H,6,8,20-24,27-30H2,1-5H3,(H,57,67)(H,58,66)(H,55,59,68)/t32-,39+,41-,45?,47?/m0/s1. The van der Waals surface area contributed by atoms with Gasteiger partial charge in [-0.1, -0.05) is 69.0 Å². The largest absolute Gasteiger partial charge is 0.508 e. The number of halogens is 1. The molecule has 5 N–H and O–H groups in total. The van der Waals surface area contributed by atoms with Crippen LogP contribution in [0.3, 0.4) is 0 Å². The number of anilines is 1. The fourth-order valence-electron chi connectivity index (χ4n) is 9.50. The number of nitrogens with zero attached hydrogens (tertiary/aromatic N) is 6. The number of carbonyl (C=O) groups is 5. The number of carbonyl (C=O) groups excluding carboxylic acids is 5. The van der Waals surface area contributed by atoms with Crippen LogP contribution in [-0.2, 0) is 25.7 Å². The maximum absolute atomic E-state index is 14.5. The summed E-state index contributed by atoms with van der Waals surface area (Å²) in [4.78, 5) is 86.0. The van der Waals surface area contributed by atoms with E-state index in [1.54, 1.807) is 34.9 Å². The highest BCUT2D eigenvalue weighted by Crippen LogP contribution is 2.38. The molecule has 0 radical (unpaired) electrons. The average Bonchev–Trinajstić information content (AvgIpc) is 4.17. The molecule has 378 valence electrons. The number of aryl methyl sites for hydroxylation is 1. The summed E-state index contributed by atoms with van der Waals surface area (Å²) in [6.07, 6.45) is 2.05. The van der Waals surface area contributed by atoms with Gasteiger partial charge in [0, 0.05) is 74.8 Å². The number of benzene rings is 3. The molecule has 5 amide bonds. The number of likely N-dealkylation sites (tertiary alicyclic amines) is 1. The third-order valence-electron chi connectivity index (χ3n) is 13.4. The van der Waals surface area contributed by atoms with Gasteiger partial charge in [0.25, 0.3) is 11.8 Å². The van der Waals surface area contributed by atoms with Gasteiger partial charge in [-0.05, 0) is 73.2 Å². The lowest BCUT2D eigenvalue weighted by molar-refractivity contribution is -0.144. The quantitative estimate of drug-likeness (QED) is 0.0621. The van der Waals surface area contributed by atoms with E-state index in [0.29, 0.717) is 41.3 Å². The molecule has 8 rings (SSSR count). The zero-order valence-electron chi connectivity index (χ0n) is 41.0. The zero-order chi connectivity index (χ0) is 51.3. The molecule has 5 aromatic rings. The van der Waals surface area contributed by atoms with Gasteiger partial charge in [-0.15, -0.1) is 22.7 Å². The number of thiazole rings is 2. The van der Waals surface area contributed by atoms with Crippen molar-refractivity contribution in [2.75, 3.05) is 51.1 Å². The normalized spacial score (nSPS) is 18.5. The molecular formula is C53H60FN9O7S2. The number of piperazine rings is 1. The predicted octanol–water partition coefficient (Wildman–Crippen LogP) is 5.87. The lowest BCUT2D eigenvalue weighted by atomic mass is 9.85. The second-order valence-electron chi connectivity index (χ2n) is 19.6. The molecule has 2 fully saturated rings. The minimum atomic E-state index is -1.35. The number of nitrogens with one attached hydrogen (secondary N) is 3. The summed E-state index contributed by atoms with van der Waals surface area (Å²) in [5.74, 6) is 3.20. The third-order valence-corrected chi connectivity index (χ3v) is 15.0. The fraction of sp³-hybridized carbons (Fsp3) is 0.415. The Morgan fingerprint density at radius 3 is 2.42 bits per heavy atom. The highest BCUT2D eigenvalue weighted by atomic mass is 32.1. The van der Waals surface area contributed by atoms with E-state index in [2.05, 4.69) is 47.6 Å². The number of phenols is 1. The van der Waals surface area contributed by atoms with Crippen LogP contribution in [0.25, 0.3) is 10.4 Å². The number of hydrogen-bond acceptors (Lipinski definition) is 13. The van der Waals surface area contributed by atoms with Crippen molar-refractivity contribution in [3.8, 4) is 28.0 Å². The van der Waals surface area contributed by atoms with Crippen LogP contribution in [0.2, 0.25) is 0 Å². The molecule has 2 saturated heterocycles. The molecule has 72 heavy (non-hydrogen) atoms. The summed E-state index contributed by atoms with van der Waals surface area (Å²) in [7, 11) is 0. The van der Waals surface area contributed by atoms with Gasteiger partial charge in [0.2, 0.25) is 17.7 Å². The van der Waals surface area contributed by atoms with E-state index >= 15 is 0 Å². The summed E-state index contributed by atoms with van der Waals surface area (Å²) >= 11 is 2.76. The Morgan fingerprint density at radius 1 is 0.972 bits per heavy atom. The molecule has 3 aliphatic heterocycles. The molecule has 0 aliphatic carbocycles. The van der Waals surface area contributed by atoms with Crippen molar-refractivity contribution in [3.05, 3.63) is 117 Å². The van der Waals surface area contributed by atoms with Gasteiger partial charge in [-0.2, -0.15) is 0 Å². The van der Waals surface area contributed by atoms with Crippen molar-refractivity contribution < 1.29 is 38.6 Å². The Morgan fingerprint density at radius 2 is 1.72 bits per heavy atom. The van der Waals surface area contributed by atoms with Crippen molar-refractivity contribution in [1.82, 2.24) is 40.2 Å². The highest BCUT2D eigenvalue weighted by molar-refractivity contribution is 7.14. The van der Waals surface area contributed by atoms with E-state index in [0.717, 1.165) is 66.0 Å². The smallest absolute Gasteiger partial charge is 0.256 e. The first-order chi connectivity index (χ1) is 34.4. The van der Waals surface area contributed by atoms with Gasteiger partial charge in [-0.3, -0.25) is 34.2 Å². The van der Waals surface area contributed by atoms with Crippen LogP contribution in [0.5, 0.6) is 5.75 Å². The van der Waals surface area contributed by atoms with Crippen LogP contribution in [0.1, 0.15) is 97.3 Å². The molecule has 3 aliphatic rings. The molecule has 3 aromatic carbocycles. The van der Waals surface area contributed by atoms with Crippen LogP contribution < -0.4 is 16.0 Å². The Kier molecular flexibility index (Phi) is 16.2. The number of β-amino-alcohol motifs (C(OH)–C–C–N with tert-alkyl or cyclic N) is 1. The minimum Gasteiger partial charge on any atom is -0.508 e. The van der Waals surface area contributed by atoms with Crippen molar-refractivity contribution in [2.24, 2.45) is 5.41 Å². The number of amides is 5. The number of unbranched alkanes of at least 4 members (excludes halogenated alkanes) is 1. The van der Waals surface area contributed by atoms with Crippen LogP contribution in [0, 0.1) is 30.0 Å². The number of hydrogen-bond donors (Lipinski definition) is 5. The van der Waals surface area contributed by atoms with E-state index < -0.39 is 53.2 Å². The maximum Gasteiger partial charge on any atom is 0.256 e. The topological polar surface area (TPSA) is 201 Å². The molecule has 2 aromatic heterocycles. The van der Waals surface area contributed by atoms with E-state index in [9.17, 15) is 38.6 Å². The lowest BCUT2D eigenvalue weighted by Gasteiger charge is -2.37. The van der Waals surface area contributed by atoms with Crippen molar-refractivity contribution >= 4 is 57.3 Å². The second-order valence-corrected chi connectivity index (χ2v) is 21.4. The minimum absolute atomic E-state index is 0.0141. The van der Waals surface area contributed by atoms with E-state index in [-0.39, 0.29) is 55.2 Å². The molecule has 0 spiro atoms. The number of aromatic nitrogens is 2. The average molecular weight is 1020 g/mol. The third kappa shape index (κ3) is 12.0. The molecule has 0 bridgehead atoms. The van der Waals surface area contributed by atoms with Gasteiger partial charge in [0.15, 0.2) is 5.13 Å². The van der Waals surface area contributed by atoms with Crippen LogP contribution in [0.4, 0.5) is 9.52 Å². The summed E-state index contributed by atoms with van der Waals surface area (Å²) in [6.45, 7) is 13.1. The Bertz CT molecular complexity index is 2850. The predicted molar refractivity (Wildman–Crippen MR) is 273 cm³/mol. The van der Waals surface area contributed by atoms with Crippen LogP contribution in [-0.4, -0.2) is 133 Å². The van der Waals surface area contributed by atoms with Crippen molar-refractivity contribution in [3.63, 3.8) is 0 Å². The summed E-state index contributed by atoms with van der Waals surface area (Å²) in [5, 5.41) is 32.1. The number of aliphatic hydroxyl groups is 1. The molecule has 16 nitrogen and oxygen atoms in total. The van der Waals surface area contributed by atoms with E-state index in [1.165, 1.54) is 27.3 Å². The first kappa shape index (κ1) is 51.8. The number of phenolic OH excluding ortho intramolecular Hbond substituents is 1. The Hall–Kier alpha value is -6.56. The summed E-state index contributed by atoms with van der Waals surface area (Å²) < 4.78 is 14.5. The molecule has 0 saturated carbocycles. The maximum atomic E-state index is 14.5.